The minimum atomic E-state index is -0.384. The van der Waals surface area contributed by atoms with E-state index in [1.165, 1.54) is 11.3 Å². The van der Waals surface area contributed by atoms with Gasteiger partial charge in [0.25, 0.3) is 5.69 Å². The SMILES string of the molecule is Cc1ccc(-c2csc(CCN3CCOC3=O)n2)cc1[N+](=O)[O-]. The predicted octanol–water partition coefficient (Wildman–Crippen LogP) is 3.02. The van der Waals surface area contributed by atoms with Gasteiger partial charge in [-0.15, -0.1) is 11.3 Å². The van der Waals surface area contributed by atoms with Gasteiger partial charge in [0, 0.05) is 35.5 Å². The van der Waals surface area contributed by atoms with Crippen LogP contribution in [0.2, 0.25) is 0 Å². The summed E-state index contributed by atoms with van der Waals surface area (Å²) in [4.78, 5) is 28.2. The van der Waals surface area contributed by atoms with E-state index in [-0.39, 0.29) is 16.7 Å². The number of benzene rings is 1. The Morgan fingerprint density at radius 3 is 3.00 bits per heavy atom. The van der Waals surface area contributed by atoms with Crippen molar-refractivity contribution < 1.29 is 14.5 Å². The van der Waals surface area contributed by atoms with Gasteiger partial charge in [0.1, 0.15) is 6.61 Å². The van der Waals surface area contributed by atoms with Gasteiger partial charge in [-0.1, -0.05) is 12.1 Å². The number of nitro benzene ring substituents is 1. The van der Waals surface area contributed by atoms with Crippen molar-refractivity contribution >= 4 is 23.1 Å². The van der Waals surface area contributed by atoms with Gasteiger partial charge in [-0.25, -0.2) is 9.78 Å². The van der Waals surface area contributed by atoms with Crippen LogP contribution in [0.25, 0.3) is 11.3 Å². The van der Waals surface area contributed by atoms with Crippen molar-refractivity contribution in [1.29, 1.82) is 0 Å². The minimum absolute atomic E-state index is 0.0943. The Labute approximate surface area is 136 Å². The second kappa shape index (κ2) is 6.33. The maximum absolute atomic E-state index is 11.4. The second-order valence-corrected chi connectivity index (χ2v) is 6.18. The first-order valence-electron chi connectivity index (χ1n) is 7.16. The van der Waals surface area contributed by atoms with Crippen LogP contribution < -0.4 is 0 Å². The Hall–Kier alpha value is -2.48. The van der Waals surface area contributed by atoms with Gasteiger partial charge in [0.15, 0.2) is 0 Å². The van der Waals surface area contributed by atoms with E-state index in [9.17, 15) is 14.9 Å². The molecule has 120 valence electrons. The van der Waals surface area contributed by atoms with Crippen molar-refractivity contribution in [1.82, 2.24) is 9.88 Å². The van der Waals surface area contributed by atoms with E-state index in [0.717, 1.165) is 16.3 Å². The minimum Gasteiger partial charge on any atom is -0.448 e. The van der Waals surface area contributed by atoms with Gasteiger partial charge in [0.05, 0.1) is 22.2 Å². The standard InChI is InChI=1S/C15H15N3O4S/c1-10-2-3-11(8-13(10)18(20)21)12-9-23-14(16-12)4-5-17-6-7-22-15(17)19/h2-3,8-9H,4-7H2,1H3. The summed E-state index contributed by atoms with van der Waals surface area (Å²) >= 11 is 1.49. The number of rotatable bonds is 5. The van der Waals surface area contributed by atoms with Crippen molar-refractivity contribution in [3.8, 4) is 11.3 Å². The molecule has 1 aliphatic rings. The highest BCUT2D eigenvalue weighted by atomic mass is 32.1. The molecule has 0 radical (unpaired) electrons. The van der Waals surface area contributed by atoms with Gasteiger partial charge < -0.3 is 9.64 Å². The third-order valence-electron chi connectivity index (χ3n) is 3.69. The monoisotopic (exact) mass is 333 g/mol. The summed E-state index contributed by atoms with van der Waals surface area (Å²) in [7, 11) is 0. The third-order valence-corrected chi connectivity index (χ3v) is 4.60. The maximum Gasteiger partial charge on any atom is 0.409 e. The van der Waals surface area contributed by atoms with Gasteiger partial charge in [-0.3, -0.25) is 10.1 Å². The van der Waals surface area contributed by atoms with Crippen LogP contribution in [0.5, 0.6) is 0 Å². The van der Waals surface area contributed by atoms with Crippen LogP contribution in [-0.2, 0) is 11.2 Å². The molecular formula is C15H15N3O4S. The van der Waals surface area contributed by atoms with Crippen molar-refractivity contribution in [2.24, 2.45) is 0 Å². The number of aromatic nitrogens is 1. The fraction of sp³-hybridized carbons (Fsp3) is 0.333. The molecule has 1 fully saturated rings. The number of cyclic esters (lactones) is 1. The molecule has 2 aromatic rings. The molecule has 1 aliphatic heterocycles. The summed E-state index contributed by atoms with van der Waals surface area (Å²) < 4.78 is 4.88. The first-order valence-corrected chi connectivity index (χ1v) is 8.04. The van der Waals surface area contributed by atoms with Crippen molar-refractivity contribution in [2.45, 2.75) is 13.3 Å². The van der Waals surface area contributed by atoms with E-state index in [0.29, 0.717) is 31.7 Å². The predicted molar refractivity (Wildman–Crippen MR) is 85.6 cm³/mol. The van der Waals surface area contributed by atoms with Gasteiger partial charge in [-0.2, -0.15) is 0 Å². The molecule has 8 heteroatoms. The molecule has 7 nitrogen and oxygen atoms in total. The normalized spacial score (nSPS) is 14.1. The molecular weight excluding hydrogens is 318 g/mol. The maximum atomic E-state index is 11.4. The fourth-order valence-corrected chi connectivity index (χ4v) is 3.18. The number of amides is 1. The number of hydrogen-bond acceptors (Lipinski definition) is 6. The van der Waals surface area contributed by atoms with Crippen LogP contribution in [-0.4, -0.2) is 40.6 Å². The van der Waals surface area contributed by atoms with Crippen LogP contribution in [0, 0.1) is 17.0 Å². The van der Waals surface area contributed by atoms with E-state index in [4.69, 9.17) is 4.74 Å². The summed E-state index contributed by atoms with van der Waals surface area (Å²) in [6, 6.07) is 5.11. The molecule has 0 unspecified atom stereocenters. The molecule has 3 rings (SSSR count). The lowest BCUT2D eigenvalue weighted by Gasteiger charge is -2.10. The fourth-order valence-electron chi connectivity index (χ4n) is 2.38. The summed E-state index contributed by atoms with van der Waals surface area (Å²) in [5.74, 6) is 0. The van der Waals surface area contributed by atoms with Crippen LogP contribution in [0.3, 0.4) is 0 Å². The summed E-state index contributed by atoms with van der Waals surface area (Å²) in [5.41, 5.74) is 2.17. The largest absolute Gasteiger partial charge is 0.448 e. The quantitative estimate of drug-likeness (QED) is 0.620. The second-order valence-electron chi connectivity index (χ2n) is 5.24. The number of hydrogen-bond donors (Lipinski definition) is 0. The highest BCUT2D eigenvalue weighted by Crippen LogP contribution is 2.28. The van der Waals surface area contributed by atoms with E-state index in [2.05, 4.69) is 4.98 Å². The summed E-state index contributed by atoms with van der Waals surface area (Å²) in [6.07, 6.45) is 0.365. The Kier molecular flexibility index (Phi) is 4.24. The highest BCUT2D eigenvalue weighted by molar-refractivity contribution is 7.09. The van der Waals surface area contributed by atoms with Crippen molar-refractivity contribution in [3.63, 3.8) is 0 Å². The average molecular weight is 333 g/mol. The molecule has 0 aliphatic carbocycles. The van der Waals surface area contributed by atoms with Crippen molar-refractivity contribution in [2.75, 3.05) is 19.7 Å². The molecule has 2 heterocycles. The number of carbonyl (C=O) groups excluding carboxylic acids is 1. The number of nitro groups is 1. The molecule has 1 aromatic heterocycles. The lowest BCUT2D eigenvalue weighted by Crippen LogP contribution is -2.26. The van der Waals surface area contributed by atoms with Gasteiger partial charge in [0.2, 0.25) is 0 Å². The lowest BCUT2D eigenvalue weighted by atomic mass is 10.1. The molecule has 0 spiro atoms. The van der Waals surface area contributed by atoms with Gasteiger partial charge >= 0.3 is 6.09 Å². The first-order chi connectivity index (χ1) is 11.0. The molecule has 1 saturated heterocycles. The molecule has 0 bridgehead atoms. The zero-order valence-electron chi connectivity index (χ0n) is 12.5. The molecule has 0 saturated carbocycles. The number of nitrogens with zero attached hydrogens (tertiary/aromatic N) is 3. The van der Waals surface area contributed by atoms with E-state index in [1.54, 1.807) is 24.0 Å². The zero-order valence-corrected chi connectivity index (χ0v) is 13.3. The molecule has 23 heavy (non-hydrogen) atoms. The molecule has 1 aromatic carbocycles. The third kappa shape index (κ3) is 3.31. The number of ether oxygens (including phenoxy) is 1. The van der Waals surface area contributed by atoms with Crippen molar-refractivity contribution in [3.05, 3.63) is 44.3 Å². The number of aryl methyl sites for hydroxylation is 1. The van der Waals surface area contributed by atoms with Crippen LogP contribution >= 0.6 is 11.3 Å². The van der Waals surface area contributed by atoms with Gasteiger partial charge in [-0.05, 0) is 6.92 Å². The topological polar surface area (TPSA) is 85.6 Å². The average Bonchev–Trinajstić information content (AvgIpc) is 3.14. The smallest absolute Gasteiger partial charge is 0.409 e. The number of thiazole rings is 1. The first kappa shape index (κ1) is 15.4. The Balaban J connectivity index is 1.73. The Bertz CT molecular complexity index is 759. The molecule has 0 atom stereocenters. The Morgan fingerprint density at radius 1 is 1.48 bits per heavy atom. The van der Waals surface area contributed by atoms with Crippen LogP contribution in [0.1, 0.15) is 10.6 Å². The van der Waals surface area contributed by atoms with Crippen LogP contribution in [0.15, 0.2) is 23.6 Å². The molecule has 1 amide bonds. The summed E-state index contributed by atoms with van der Waals surface area (Å²) in [6.45, 7) is 3.33. The zero-order chi connectivity index (χ0) is 16.4. The van der Waals surface area contributed by atoms with E-state index >= 15 is 0 Å². The number of carbonyl (C=O) groups is 1. The molecule has 0 N–H and O–H groups in total. The summed E-state index contributed by atoms with van der Waals surface area (Å²) in [5, 5.41) is 13.8. The lowest BCUT2D eigenvalue weighted by molar-refractivity contribution is -0.385. The van der Waals surface area contributed by atoms with Crippen LogP contribution in [0.4, 0.5) is 10.5 Å². The van der Waals surface area contributed by atoms with E-state index in [1.807, 2.05) is 11.4 Å². The highest BCUT2D eigenvalue weighted by Gasteiger charge is 2.21. The van der Waals surface area contributed by atoms with E-state index < -0.39 is 0 Å². The Morgan fingerprint density at radius 2 is 2.30 bits per heavy atom.